The zero-order valence-corrected chi connectivity index (χ0v) is 18.7. The van der Waals surface area contributed by atoms with Gasteiger partial charge in [0.1, 0.15) is 12.6 Å². The van der Waals surface area contributed by atoms with Crippen LogP contribution in [-0.2, 0) is 16.1 Å². The molecule has 6 nitrogen and oxygen atoms in total. The predicted octanol–water partition coefficient (Wildman–Crippen LogP) is 5.05. The van der Waals surface area contributed by atoms with E-state index >= 15 is 0 Å². The second kappa shape index (κ2) is 10.1. The summed E-state index contributed by atoms with van der Waals surface area (Å²) in [4.78, 5) is 25.0. The first-order valence-electron chi connectivity index (χ1n) is 10.4. The zero-order valence-electron chi connectivity index (χ0n) is 17.9. The molecule has 0 aliphatic heterocycles. The molecule has 4 rings (SSSR count). The number of rotatable bonds is 7. The molecule has 4 aromatic rings. The van der Waals surface area contributed by atoms with Crippen molar-refractivity contribution in [2.75, 3.05) is 0 Å². The molecule has 1 heterocycles. The van der Waals surface area contributed by atoms with Crippen molar-refractivity contribution in [2.24, 2.45) is 0 Å². The highest BCUT2D eigenvalue weighted by atomic mass is 35.5. The number of carbonyl (C=O) groups is 2. The summed E-state index contributed by atoms with van der Waals surface area (Å²) in [6.07, 6.45) is 1.85. The maximum Gasteiger partial charge on any atom is 0.328 e. The standard InChI is InChI=1S/C26H22ClN3O3/c1-18(28-25(31)22-14-8-9-15-23(22)27)26(32)33-17-20-16-30(21-12-6-3-7-13-21)29-24(20)19-10-4-2-5-11-19/h2-16,18H,17H2,1H3,(H,28,31). The largest absolute Gasteiger partial charge is 0.459 e. The Labute approximate surface area is 196 Å². The molecule has 0 aliphatic carbocycles. The van der Waals surface area contributed by atoms with Crippen molar-refractivity contribution in [3.8, 4) is 16.9 Å². The number of aromatic nitrogens is 2. The van der Waals surface area contributed by atoms with E-state index in [4.69, 9.17) is 21.4 Å². The van der Waals surface area contributed by atoms with Crippen molar-refractivity contribution in [3.05, 3.63) is 107 Å². The number of halogens is 1. The lowest BCUT2D eigenvalue weighted by Gasteiger charge is -2.14. The number of esters is 1. The van der Waals surface area contributed by atoms with Gasteiger partial charge in [0.25, 0.3) is 5.91 Å². The van der Waals surface area contributed by atoms with Gasteiger partial charge in [-0.25, -0.2) is 9.48 Å². The van der Waals surface area contributed by atoms with Gasteiger partial charge in [0, 0.05) is 17.3 Å². The van der Waals surface area contributed by atoms with Crippen molar-refractivity contribution in [1.29, 1.82) is 0 Å². The van der Waals surface area contributed by atoms with E-state index in [0.29, 0.717) is 10.6 Å². The average molecular weight is 460 g/mol. The van der Waals surface area contributed by atoms with Crippen LogP contribution in [0.15, 0.2) is 91.1 Å². The summed E-state index contributed by atoms with van der Waals surface area (Å²) in [5.41, 5.74) is 3.59. The number of amides is 1. The lowest BCUT2D eigenvalue weighted by Crippen LogP contribution is -2.39. The van der Waals surface area contributed by atoms with Gasteiger partial charge in [-0.3, -0.25) is 4.79 Å². The van der Waals surface area contributed by atoms with Gasteiger partial charge >= 0.3 is 5.97 Å². The molecule has 1 amide bonds. The van der Waals surface area contributed by atoms with Gasteiger partial charge in [0.15, 0.2) is 0 Å². The maximum atomic E-state index is 12.6. The van der Waals surface area contributed by atoms with Gasteiger partial charge in [0.05, 0.1) is 22.0 Å². The molecular weight excluding hydrogens is 438 g/mol. The highest BCUT2D eigenvalue weighted by Crippen LogP contribution is 2.24. The quantitative estimate of drug-likeness (QED) is 0.392. The Hall–Kier alpha value is -3.90. The fourth-order valence-corrected chi connectivity index (χ4v) is 3.54. The van der Waals surface area contributed by atoms with Crippen LogP contribution in [0.25, 0.3) is 16.9 Å². The fraction of sp³-hybridized carbons (Fsp3) is 0.115. The molecule has 1 aromatic heterocycles. The monoisotopic (exact) mass is 459 g/mol. The molecule has 1 N–H and O–H groups in total. The molecule has 0 saturated heterocycles. The molecule has 0 saturated carbocycles. The van der Waals surface area contributed by atoms with Gasteiger partial charge in [-0.05, 0) is 31.2 Å². The molecule has 1 atom stereocenters. The van der Waals surface area contributed by atoms with Crippen LogP contribution in [0.5, 0.6) is 0 Å². The highest BCUT2D eigenvalue weighted by Gasteiger charge is 2.21. The number of carbonyl (C=O) groups excluding carboxylic acids is 2. The smallest absolute Gasteiger partial charge is 0.328 e. The molecule has 1 unspecified atom stereocenters. The minimum absolute atomic E-state index is 0.0161. The number of nitrogens with zero attached hydrogens (tertiary/aromatic N) is 2. The van der Waals surface area contributed by atoms with Gasteiger partial charge in [-0.15, -0.1) is 0 Å². The number of hydrogen-bond donors (Lipinski definition) is 1. The summed E-state index contributed by atoms with van der Waals surface area (Å²) in [7, 11) is 0. The molecule has 0 bridgehead atoms. The van der Waals surface area contributed by atoms with Crippen LogP contribution in [0.3, 0.4) is 0 Å². The summed E-state index contributed by atoms with van der Waals surface area (Å²) < 4.78 is 7.29. The van der Waals surface area contributed by atoms with Crippen LogP contribution in [0.1, 0.15) is 22.8 Å². The first kappa shape index (κ1) is 22.3. The molecule has 0 spiro atoms. The summed E-state index contributed by atoms with van der Waals surface area (Å²) in [5, 5.41) is 7.66. The predicted molar refractivity (Wildman–Crippen MR) is 127 cm³/mol. The first-order chi connectivity index (χ1) is 16.0. The average Bonchev–Trinajstić information content (AvgIpc) is 3.28. The Morgan fingerprint density at radius 3 is 2.30 bits per heavy atom. The van der Waals surface area contributed by atoms with Crippen LogP contribution in [-0.4, -0.2) is 27.7 Å². The van der Waals surface area contributed by atoms with Gasteiger partial charge in [0.2, 0.25) is 0 Å². The Bertz CT molecular complexity index is 1260. The van der Waals surface area contributed by atoms with Crippen molar-refractivity contribution in [3.63, 3.8) is 0 Å². The lowest BCUT2D eigenvalue weighted by atomic mass is 10.1. The topological polar surface area (TPSA) is 73.2 Å². The third kappa shape index (κ3) is 5.30. The summed E-state index contributed by atoms with van der Waals surface area (Å²) in [5.74, 6) is -0.992. The van der Waals surface area contributed by atoms with E-state index in [0.717, 1.165) is 22.5 Å². The lowest BCUT2D eigenvalue weighted by molar-refractivity contribution is -0.146. The second-order valence-electron chi connectivity index (χ2n) is 7.43. The van der Waals surface area contributed by atoms with E-state index in [-0.39, 0.29) is 6.61 Å². The Balaban J connectivity index is 1.49. The summed E-state index contributed by atoms with van der Waals surface area (Å²) in [6.45, 7) is 1.59. The molecule has 7 heteroatoms. The highest BCUT2D eigenvalue weighted by molar-refractivity contribution is 6.33. The first-order valence-corrected chi connectivity index (χ1v) is 10.8. The number of para-hydroxylation sites is 1. The Kier molecular flexibility index (Phi) is 6.86. The Morgan fingerprint density at radius 1 is 0.970 bits per heavy atom. The molecule has 166 valence electrons. The Morgan fingerprint density at radius 2 is 1.61 bits per heavy atom. The zero-order chi connectivity index (χ0) is 23.2. The van der Waals surface area contributed by atoms with Crippen LogP contribution in [0, 0.1) is 0 Å². The van der Waals surface area contributed by atoms with Gasteiger partial charge in [-0.2, -0.15) is 5.10 Å². The number of hydrogen-bond acceptors (Lipinski definition) is 4. The molecular formula is C26H22ClN3O3. The SMILES string of the molecule is CC(NC(=O)c1ccccc1Cl)C(=O)OCc1cn(-c2ccccc2)nc1-c1ccccc1. The minimum atomic E-state index is -0.849. The van der Waals surface area contributed by atoms with Crippen LogP contribution in [0.2, 0.25) is 5.02 Å². The molecule has 33 heavy (non-hydrogen) atoms. The van der Waals surface area contributed by atoms with E-state index in [9.17, 15) is 9.59 Å². The van der Waals surface area contributed by atoms with Crippen LogP contribution >= 0.6 is 11.6 Å². The number of ether oxygens (including phenoxy) is 1. The van der Waals surface area contributed by atoms with Crippen molar-refractivity contribution < 1.29 is 14.3 Å². The van der Waals surface area contributed by atoms with Crippen molar-refractivity contribution in [1.82, 2.24) is 15.1 Å². The third-order valence-electron chi connectivity index (χ3n) is 5.05. The van der Waals surface area contributed by atoms with E-state index < -0.39 is 17.9 Å². The van der Waals surface area contributed by atoms with E-state index in [2.05, 4.69) is 5.32 Å². The maximum absolute atomic E-state index is 12.6. The third-order valence-corrected chi connectivity index (χ3v) is 5.38. The van der Waals surface area contributed by atoms with Crippen LogP contribution < -0.4 is 5.32 Å². The van der Waals surface area contributed by atoms with E-state index in [1.807, 2.05) is 66.9 Å². The number of nitrogens with one attached hydrogen (secondary N) is 1. The summed E-state index contributed by atoms with van der Waals surface area (Å²) in [6, 6.07) is 25.2. The van der Waals surface area contributed by atoms with Crippen molar-refractivity contribution in [2.45, 2.75) is 19.6 Å². The van der Waals surface area contributed by atoms with Crippen molar-refractivity contribution >= 4 is 23.5 Å². The van der Waals surface area contributed by atoms with Gasteiger partial charge in [-0.1, -0.05) is 72.3 Å². The van der Waals surface area contributed by atoms with E-state index in [1.54, 1.807) is 35.9 Å². The molecule has 0 aliphatic rings. The normalized spacial score (nSPS) is 11.6. The molecule has 0 fully saturated rings. The second-order valence-corrected chi connectivity index (χ2v) is 7.84. The van der Waals surface area contributed by atoms with Gasteiger partial charge < -0.3 is 10.1 Å². The molecule has 3 aromatic carbocycles. The number of benzene rings is 3. The minimum Gasteiger partial charge on any atom is -0.459 e. The fourth-order valence-electron chi connectivity index (χ4n) is 3.32. The molecule has 0 radical (unpaired) electrons. The van der Waals surface area contributed by atoms with Crippen LogP contribution in [0.4, 0.5) is 0 Å². The van der Waals surface area contributed by atoms with E-state index in [1.165, 1.54) is 0 Å². The summed E-state index contributed by atoms with van der Waals surface area (Å²) >= 11 is 6.07.